The number of rotatable bonds is 3. The van der Waals surface area contributed by atoms with Gasteiger partial charge in [0, 0.05) is 5.56 Å². The van der Waals surface area contributed by atoms with Gasteiger partial charge in [-0.3, -0.25) is 4.79 Å². The number of carbonyl (C=O) groups excluding carboxylic acids is 1. The van der Waals surface area contributed by atoms with E-state index in [0.29, 0.717) is 17.3 Å². The molecule has 2 aromatic heterocycles. The lowest BCUT2D eigenvalue weighted by molar-refractivity contribution is -0.113. The first-order valence-electron chi connectivity index (χ1n) is 7.91. The van der Waals surface area contributed by atoms with Gasteiger partial charge >= 0.3 is 5.97 Å². The van der Waals surface area contributed by atoms with E-state index in [2.05, 4.69) is 21.9 Å². The Morgan fingerprint density at radius 3 is 2.73 bits per heavy atom. The highest BCUT2D eigenvalue weighted by Crippen LogP contribution is 2.44. The predicted molar refractivity (Wildman–Crippen MR) is 103 cm³/mol. The summed E-state index contributed by atoms with van der Waals surface area (Å²) < 4.78 is 1.68. The Balaban J connectivity index is 1.85. The standard InChI is InChI=1S/C18H15N3O3S2/c1-10-15-16(12-6-7-25-8-12)26-9-14(22)19-17(15)21(20-10)13-4-2-11(3-5-13)18(23)24/h2-8,16H,9H2,1H3,(H,19,22)(H,23,24)/t16-/m1/s1. The fraction of sp³-hybridized carbons (Fsp3) is 0.167. The fourth-order valence-corrected chi connectivity index (χ4v) is 4.95. The minimum Gasteiger partial charge on any atom is -0.478 e. The largest absolute Gasteiger partial charge is 0.478 e. The molecule has 4 rings (SSSR count). The number of fused-ring (bicyclic) bond motifs is 1. The molecule has 26 heavy (non-hydrogen) atoms. The molecule has 0 spiro atoms. The number of benzene rings is 1. The number of hydrogen-bond acceptors (Lipinski definition) is 5. The smallest absolute Gasteiger partial charge is 0.335 e. The third-order valence-electron chi connectivity index (χ3n) is 4.21. The third kappa shape index (κ3) is 2.91. The van der Waals surface area contributed by atoms with Crippen LogP contribution in [0.3, 0.4) is 0 Å². The number of anilines is 1. The van der Waals surface area contributed by atoms with Gasteiger partial charge in [-0.25, -0.2) is 9.48 Å². The first-order chi connectivity index (χ1) is 12.5. The van der Waals surface area contributed by atoms with Gasteiger partial charge in [-0.15, -0.1) is 11.8 Å². The van der Waals surface area contributed by atoms with E-state index in [1.54, 1.807) is 39.9 Å². The zero-order valence-corrected chi connectivity index (χ0v) is 15.4. The van der Waals surface area contributed by atoms with Crippen molar-refractivity contribution in [2.45, 2.75) is 12.2 Å². The molecule has 132 valence electrons. The molecule has 0 saturated carbocycles. The highest BCUT2D eigenvalue weighted by molar-refractivity contribution is 8.00. The normalized spacial score (nSPS) is 16.7. The molecule has 0 bridgehead atoms. The van der Waals surface area contributed by atoms with Crippen LogP contribution in [0.5, 0.6) is 0 Å². The molecule has 3 aromatic rings. The van der Waals surface area contributed by atoms with Crippen molar-refractivity contribution in [3.63, 3.8) is 0 Å². The summed E-state index contributed by atoms with van der Waals surface area (Å²) in [7, 11) is 0. The highest BCUT2D eigenvalue weighted by atomic mass is 32.2. The maximum atomic E-state index is 12.2. The molecular formula is C18H15N3O3S2. The van der Waals surface area contributed by atoms with Crippen molar-refractivity contribution in [2.24, 2.45) is 0 Å². The predicted octanol–water partition coefficient (Wildman–Crippen LogP) is 3.72. The number of carboxylic acid groups (broad SMARTS) is 1. The zero-order chi connectivity index (χ0) is 18.3. The lowest BCUT2D eigenvalue weighted by Crippen LogP contribution is -2.15. The Bertz CT molecular complexity index is 978. The molecule has 2 N–H and O–H groups in total. The molecule has 0 unspecified atom stereocenters. The number of hydrogen-bond donors (Lipinski definition) is 2. The number of nitrogens with zero attached hydrogens (tertiary/aromatic N) is 2. The van der Waals surface area contributed by atoms with Crippen molar-refractivity contribution in [1.29, 1.82) is 0 Å². The Hall–Kier alpha value is -2.58. The highest BCUT2D eigenvalue weighted by Gasteiger charge is 2.30. The van der Waals surface area contributed by atoms with Gasteiger partial charge in [-0.2, -0.15) is 16.4 Å². The summed E-state index contributed by atoms with van der Waals surface area (Å²) >= 11 is 3.21. The van der Waals surface area contributed by atoms with Crippen LogP contribution in [0.2, 0.25) is 0 Å². The summed E-state index contributed by atoms with van der Waals surface area (Å²) in [5, 5.41) is 20.8. The quantitative estimate of drug-likeness (QED) is 0.718. The molecule has 1 atom stereocenters. The van der Waals surface area contributed by atoms with Gasteiger partial charge in [-0.1, -0.05) is 0 Å². The van der Waals surface area contributed by atoms with Crippen LogP contribution in [0.4, 0.5) is 5.82 Å². The lowest BCUT2D eigenvalue weighted by atomic mass is 10.1. The second kappa shape index (κ2) is 6.62. The van der Waals surface area contributed by atoms with Crippen molar-refractivity contribution in [1.82, 2.24) is 9.78 Å². The van der Waals surface area contributed by atoms with Gasteiger partial charge in [0.15, 0.2) is 0 Å². The second-order valence-electron chi connectivity index (χ2n) is 5.91. The fourth-order valence-electron chi connectivity index (χ4n) is 3.00. The Kier molecular flexibility index (Phi) is 4.29. The molecule has 1 aromatic carbocycles. The first-order valence-corrected chi connectivity index (χ1v) is 9.90. The molecule has 0 aliphatic carbocycles. The number of carbonyl (C=O) groups is 2. The summed E-state index contributed by atoms with van der Waals surface area (Å²) in [6, 6.07) is 8.52. The van der Waals surface area contributed by atoms with Crippen LogP contribution in [0.1, 0.15) is 32.4 Å². The molecular weight excluding hydrogens is 370 g/mol. The molecule has 0 saturated heterocycles. The molecule has 1 aliphatic rings. The van der Waals surface area contributed by atoms with E-state index < -0.39 is 5.97 Å². The van der Waals surface area contributed by atoms with E-state index >= 15 is 0 Å². The number of amides is 1. The zero-order valence-electron chi connectivity index (χ0n) is 13.8. The average Bonchev–Trinajstić information content (AvgIpc) is 3.21. The molecule has 6 nitrogen and oxygen atoms in total. The van der Waals surface area contributed by atoms with Crippen LogP contribution in [-0.2, 0) is 4.79 Å². The van der Waals surface area contributed by atoms with Crippen molar-refractivity contribution in [3.05, 3.63) is 63.5 Å². The van der Waals surface area contributed by atoms with E-state index in [0.717, 1.165) is 16.8 Å². The van der Waals surface area contributed by atoms with Crippen molar-refractivity contribution < 1.29 is 14.7 Å². The maximum Gasteiger partial charge on any atom is 0.335 e. The van der Waals surface area contributed by atoms with E-state index in [4.69, 9.17) is 5.11 Å². The summed E-state index contributed by atoms with van der Waals surface area (Å²) in [6.07, 6.45) is 0. The number of aryl methyl sites for hydroxylation is 1. The van der Waals surface area contributed by atoms with E-state index in [-0.39, 0.29) is 16.7 Å². The van der Waals surface area contributed by atoms with Gasteiger partial charge in [-0.05, 0) is 53.6 Å². The number of thioether (sulfide) groups is 1. The van der Waals surface area contributed by atoms with Gasteiger partial charge in [0.05, 0.1) is 27.9 Å². The van der Waals surface area contributed by atoms with E-state index in [1.165, 1.54) is 12.1 Å². The Labute approximate surface area is 157 Å². The number of aromatic nitrogens is 2. The van der Waals surface area contributed by atoms with Gasteiger partial charge in [0.2, 0.25) is 5.91 Å². The average molecular weight is 385 g/mol. The van der Waals surface area contributed by atoms with Crippen LogP contribution in [0, 0.1) is 6.92 Å². The topological polar surface area (TPSA) is 84.2 Å². The molecule has 0 radical (unpaired) electrons. The lowest BCUT2D eigenvalue weighted by Gasteiger charge is -2.13. The van der Waals surface area contributed by atoms with Crippen LogP contribution in [0.25, 0.3) is 5.69 Å². The van der Waals surface area contributed by atoms with Crippen LogP contribution in [-0.4, -0.2) is 32.5 Å². The Morgan fingerprint density at radius 1 is 1.31 bits per heavy atom. The first kappa shape index (κ1) is 16.9. The SMILES string of the molecule is Cc1nn(-c2ccc(C(=O)O)cc2)c2c1[C@@H](c1ccsc1)SCC(=O)N2. The van der Waals surface area contributed by atoms with Crippen molar-refractivity contribution in [2.75, 3.05) is 11.1 Å². The molecule has 8 heteroatoms. The summed E-state index contributed by atoms with van der Waals surface area (Å²) in [5.41, 5.74) is 3.89. The number of aromatic carboxylic acids is 1. The van der Waals surface area contributed by atoms with Gasteiger partial charge < -0.3 is 10.4 Å². The van der Waals surface area contributed by atoms with Gasteiger partial charge in [0.25, 0.3) is 0 Å². The maximum absolute atomic E-state index is 12.2. The number of carboxylic acids is 1. The minimum atomic E-state index is -0.978. The minimum absolute atomic E-state index is 0.0299. The molecule has 1 aliphatic heterocycles. The van der Waals surface area contributed by atoms with Crippen LogP contribution in [0.15, 0.2) is 41.1 Å². The molecule has 3 heterocycles. The van der Waals surface area contributed by atoms with Gasteiger partial charge in [0.1, 0.15) is 5.82 Å². The molecule has 1 amide bonds. The monoisotopic (exact) mass is 385 g/mol. The third-order valence-corrected chi connectivity index (χ3v) is 6.18. The molecule has 0 fully saturated rings. The number of thiophene rings is 1. The van der Waals surface area contributed by atoms with Crippen molar-refractivity contribution >= 4 is 40.8 Å². The van der Waals surface area contributed by atoms with Crippen LogP contribution < -0.4 is 5.32 Å². The van der Waals surface area contributed by atoms with Crippen molar-refractivity contribution in [3.8, 4) is 5.69 Å². The summed E-state index contributed by atoms with van der Waals surface area (Å²) in [4.78, 5) is 23.3. The van der Waals surface area contributed by atoms with Crippen LogP contribution >= 0.6 is 23.1 Å². The summed E-state index contributed by atoms with van der Waals surface area (Å²) in [5.74, 6) is -0.0321. The van der Waals surface area contributed by atoms with E-state index in [1.807, 2.05) is 12.3 Å². The summed E-state index contributed by atoms with van der Waals surface area (Å²) in [6.45, 7) is 1.93. The second-order valence-corrected chi connectivity index (χ2v) is 7.78. The number of nitrogens with one attached hydrogen (secondary N) is 1. The van der Waals surface area contributed by atoms with E-state index in [9.17, 15) is 9.59 Å². The Morgan fingerprint density at radius 2 is 2.08 bits per heavy atom.